The molecule has 0 amide bonds. The molecule has 0 atom stereocenters. The average molecular weight is 782 g/mol. The Morgan fingerprint density at radius 3 is 1.48 bits per heavy atom. The molecule has 0 spiro atoms. The second kappa shape index (κ2) is 15.3. The first-order chi connectivity index (χ1) is 29.7. The fraction of sp³-hybridized carbons (Fsp3) is 0. The highest BCUT2D eigenvalue weighted by molar-refractivity contribution is 7.26. The lowest BCUT2D eigenvalue weighted by atomic mass is 9.96. The lowest BCUT2D eigenvalue weighted by molar-refractivity contribution is 1.28. The summed E-state index contributed by atoms with van der Waals surface area (Å²) in [5, 5.41) is 5.13. The smallest absolute Gasteiger partial charge is 0.0467 e. The highest BCUT2D eigenvalue weighted by atomic mass is 32.1. The number of fused-ring (bicyclic) bond motifs is 4. The zero-order valence-electron chi connectivity index (χ0n) is 32.9. The van der Waals surface area contributed by atoms with Crippen LogP contribution < -0.4 is 4.90 Å². The van der Waals surface area contributed by atoms with E-state index in [9.17, 15) is 0 Å². The number of thiophene rings is 1. The zero-order chi connectivity index (χ0) is 39.8. The lowest BCUT2D eigenvalue weighted by Crippen LogP contribution is -2.10. The van der Waals surface area contributed by atoms with Crippen molar-refractivity contribution >= 4 is 59.3 Å². The first kappa shape index (κ1) is 35.6. The molecule has 0 unspecified atom stereocenters. The number of hydrogen-bond acceptors (Lipinski definition) is 2. The van der Waals surface area contributed by atoms with Gasteiger partial charge in [-0.05, 0) is 115 Å². The minimum Gasteiger partial charge on any atom is -0.310 e. The summed E-state index contributed by atoms with van der Waals surface area (Å²) < 4.78 is 2.65. The fourth-order valence-corrected chi connectivity index (χ4v) is 9.93. The number of anilines is 3. The summed E-state index contributed by atoms with van der Waals surface area (Å²) in [6.07, 6.45) is 0. The molecule has 11 rings (SSSR count). The maximum absolute atomic E-state index is 2.39. The van der Waals surface area contributed by atoms with E-state index in [1.165, 1.54) is 86.6 Å². The van der Waals surface area contributed by atoms with Crippen LogP contribution in [0.25, 0.3) is 86.6 Å². The minimum atomic E-state index is 1.09. The van der Waals surface area contributed by atoms with Gasteiger partial charge in [0.1, 0.15) is 0 Å². The number of nitrogens with zero attached hydrogens (tertiary/aromatic N) is 1. The number of rotatable bonds is 8. The van der Waals surface area contributed by atoms with Crippen LogP contribution in [0.15, 0.2) is 237 Å². The summed E-state index contributed by atoms with van der Waals surface area (Å²) >= 11 is 1.88. The Morgan fingerprint density at radius 2 is 0.733 bits per heavy atom. The monoisotopic (exact) mass is 781 g/mol. The summed E-state index contributed by atoms with van der Waals surface area (Å²) in [6.45, 7) is 0. The standard InChI is InChI=1S/C58H39NS/c1-2-13-40(14-3-1)41-29-31-42(32-30-41)43-33-35-49(36-34-43)59(51-22-10-20-48(39-51)53-25-11-16-44-15-4-5-23-52(44)53)50-21-9-18-46(38-50)45-17-8-19-47(37-45)54-26-12-27-56-55-24-6-7-28-57(55)60-58(54)56/h1-39H. The molecule has 11 aromatic rings. The zero-order valence-corrected chi connectivity index (χ0v) is 33.7. The average Bonchev–Trinajstić information content (AvgIpc) is 3.71. The van der Waals surface area contributed by atoms with Gasteiger partial charge in [0.15, 0.2) is 0 Å². The Hall–Kier alpha value is -7.52. The molecular weight excluding hydrogens is 743 g/mol. The second-order valence-electron chi connectivity index (χ2n) is 15.3. The van der Waals surface area contributed by atoms with Gasteiger partial charge in [-0.15, -0.1) is 11.3 Å². The van der Waals surface area contributed by atoms with Crippen molar-refractivity contribution < 1.29 is 0 Å². The molecule has 0 radical (unpaired) electrons. The normalized spacial score (nSPS) is 11.3. The fourth-order valence-electron chi connectivity index (χ4n) is 8.69. The molecule has 2 heteroatoms. The first-order valence-corrected chi connectivity index (χ1v) is 21.3. The van der Waals surface area contributed by atoms with Gasteiger partial charge in [-0.3, -0.25) is 0 Å². The van der Waals surface area contributed by atoms with E-state index < -0.39 is 0 Å². The van der Waals surface area contributed by atoms with E-state index in [-0.39, 0.29) is 0 Å². The third-order valence-electron chi connectivity index (χ3n) is 11.7. The van der Waals surface area contributed by atoms with Crippen molar-refractivity contribution in [3.8, 4) is 55.6 Å². The van der Waals surface area contributed by atoms with Gasteiger partial charge < -0.3 is 4.90 Å². The van der Waals surface area contributed by atoms with Crippen LogP contribution in [-0.4, -0.2) is 0 Å². The summed E-state index contributed by atoms with van der Waals surface area (Å²) in [5.41, 5.74) is 15.4. The third-order valence-corrected chi connectivity index (χ3v) is 12.9. The van der Waals surface area contributed by atoms with Crippen molar-refractivity contribution in [1.82, 2.24) is 0 Å². The molecule has 0 bridgehead atoms. The Kier molecular flexibility index (Phi) is 9.11. The molecule has 0 aliphatic heterocycles. The van der Waals surface area contributed by atoms with Crippen molar-refractivity contribution in [2.45, 2.75) is 0 Å². The van der Waals surface area contributed by atoms with Crippen molar-refractivity contribution in [3.63, 3.8) is 0 Å². The van der Waals surface area contributed by atoms with Crippen LogP contribution in [0, 0.1) is 0 Å². The maximum atomic E-state index is 2.39. The summed E-state index contributed by atoms with van der Waals surface area (Å²) in [7, 11) is 0. The van der Waals surface area contributed by atoms with Gasteiger partial charge in [-0.1, -0.05) is 188 Å². The lowest BCUT2D eigenvalue weighted by Gasteiger charge is -2.27. The van der Waals surface area contributed by atoms with Crippen LogP contribution >= 0.6 is 11.3 Å². The van der Waals surface area contributed by atoms with Crippen molar-refractivity contribution in [3.05, 3.63) is 237 Å². The molecule has 0 aliphatic carbocycles. The highest BCUT2D eigenvalue weighted by Crippen LogP contribution is 2.43. The van der Waals surface area contributed by atoms with Crippen LogP contribution in [0.4, 0.5) is 17.1 Å². The van der Waals surface area contributed by atoms with Gasteiger partial charge in [-0.25, -0.2) is 0 Å². The molecule has 0 N–H and O–H groups in total. The van der Waals surface area contributed by atoms with Crippen molar-refractivity contribution in [2.24, 2.45) is 0 Å². The molecule has 0 saturated carbocycles. The van der Waals surface area contributed by atoms with Crippen molar-refractivity contribution in [1.29, 1.82) is 0 Å². The Labute approximate surface area is 354 Å². The van der Waals surface area contributed by atoms with Crippen molar-refractivity contribution in [2.75, 3.05) is 4.90 Å². The minimum absolute atomic E-state index is 1.09. The largest absolute Gasteiger partial charge is 0.310 e. The predicted octanol–water partition coefficient (Wildman–Crippen LogP) is 17.0. The highest BCUT2D eigenvalue weighted by Gasteiger charge is 2.17. The number of hydrogen-bond donors (Lipinski definition) is 0. The van der Waals surface area contributed by atoms with Gasteiger partial charge >= 0.3 is 0 Å². The van der Waals surface area contributed by atoms with Crippen LogP contribution in [0.1, 0.15) is 0 Å². The molecule has 0 saturated heterocycles. The van der Waals surface area contributed by atoms with Gasteiger partial charge in [-0.2, -0.15) is 0 Å². The van der Waals surface area contributed by atoms with Crippen LogP contribution in [0.2, 0.25) is 0 Å². The second-order valence-corrected chi connectivity index (χ2v) is 16.4. The summed E-state index contributed by atoms with van der Waals surface area (Å²) in [5.74, 6) is 0. The van der Waals surface area contributed by atoms with E-state index in [1.807, 2.05) is 11.3 Å². The quantitative estimate of drug-likeness (QED) is 0.148. The topological polar surface area (TPSA) is 3.24 Å². The van der Waals surface area contributed by atoms with E-state index >= 15 is 0 Å². The Balaban J connectivity index is 0.997. The molecule has 10 aromatic carbocycles. The molecule has 1 aromatic heterocycles. The maximum Gasteiger partial charge on any atom is 0.0467 e. The molecule has 60 heavy (non-hydrogen) atoms. The Morgan fingerprint density at radius 1 is 0.267 bits per heavy atom. The van der Waals surface area contributed by atoms with Gasteiger partial charge in [0.25, 0.3) is 0 Å². The van der Waals surface area contributed by atoms with Gasteiger partial charge in [0.05, 0.1) is 0 Å². The third kappa shape index (κ3) is 6.63. The summed E-state index contributed by atoms with van der Waals surface area (Å²) in [4.78, 5) is 2.39. The van der Waals surface area contributed by atoms with E-state index in [0.717, 1.165) is 17.1 Å². The van der Waals surface area contributed by atoms with Gasteiger partial charge in [0, 0.05) is 37.2 Å². The molecule has 1 heterocycles. The SMILES string of the molecule is c1ccc(-c2ccc(-c3ccc(N(c4cccc(-c5cccc(-c6cccc7c6sc6ccccc67)c5)c4)c4cccc(-c5cccc6ccccc56)c4)cc3)cc2)cc1. The van der Waals surface area contributed by atoms with Crippen LogP contribution in [-0.2, 0) is 0 Å². The first-order valence-electron chi connectivity index (χ1n) is 20.5. The molecule has 1 nitrogen and oxygen atoms in total. The van der Waals surface area contributed by atoms with E-state index in [4.69, 9.17) is 0 Å². The van der Waals surface area contributed by atoms with E-state index in [1.54, 1.807) is 0 Å². The van der Waals surface area contributed by atoms with E-state index in [2.05, 4.69) is 241 Å². The van der Waals surface area contributed by atoms with E-state index in [0.29, 0.717) is 0 Å². The molecule has 0 fully saturated rings. The van der Waals surface area contributed by atoms with Gasteiger partial charge in [0.2, 0.25) is 0 Å². The molecule has 0 aliphatic rings. The van der Waals surface area contributed by atoms with Crippen LogP contribution in [0.5, 0.6) is 0 Å². The predicted molar refractivity (Wildman–Crippen MR) is 259 cm³/mol. The Bertz CT molecular complexity index is 3300. The van der Waals surface area contributed by atoms with Crippen LogP contribution in [0.3, 0.4) is 0 Å². The molecular formula is C58H39NS. The number of benzene rings is 10. The molecule has 282 valence electrons. The summed E-state index contributed by atoms with van der Waals surface area (Å²) in [6, 6.07) is 86.1.